The van der Waals surface area contributed by atoms with Crippen molar-refractivity contribution >= 4 is 12.4 Å². The van der Waals surface area contributed by atoms with Gasteiger partial charge in [0.1, 0.15) is 0 Å². The average molecular weight is 320 g/mol. The molecule has 0 aliphatic heterocycles. The van der Waals surface area contributed by atoms with Crippen LogP contribution in [-0.4, -0.2) is 25.0 Å². The van der Waals surface area contributed by atoms with Crippen molar-refractivity contribution in [3.63, 3.8) is 0 Å². The van der Waals surface area contributed by atoms with E-state index >= 15 is 0 Å². The molecule has 0 aromatic heterocycles. The highest BCUT2D eigenvalue weighted by atomic mass is 35.5. The van der Waals surface area contributed by atoms with Crippen LogP contribution >= 0.6 is 12.4 Å². The van der Waals surface area contributed by atoms with Gasteiger partial charge >= 0.3 is 0 Å². The molecule has 0 heterocycles. The molecule has 0 fully saturated rings. The highest BCUT2D eigenvalue weighted by molar-refractivity contribution is 5.85. The third-order valence-corrected chi connectivity index (χ3v) is 4.59. The fraction of sp³-hybridized carbons (Fsp3) is 1.00. The normalized spacial score (nSPS) is 12.4. The molecule has 0 aliphatic carbocycles. The second-order valence-corrected chi connectivity index (χ2v) is 6.70. The van der Waals surface area contributed by atoms with Crippen LogP contribution in [0.15, 0.2) is 0 Å². The van der Waals surface area contributed by atoms with Gasteiger partial charge in [-0.05, 0) is 26.9 Å². The highest BCUT2D eigenvalue weighted by Crippen LogP contribution is 2.14. The van der Waals surface area contributed by atoms with Crippen LogP contribution in [0.2, 0.25) is 0 Å². The topological polar surface area (TPSA) is 3.24 Å². The molecule has 0 saturated carbocycles. The van der Waals surface area contributed by atoms with E-state index < -0.39 is 0 Å². The first-order valence-corrected chi connectivity index (χ1v) is 9.38. The SMILES string of the molecule is CCCCCCCCCCCCCCC(CC)N(C)C.Cl. The van der Waals surface area contributed by atoms with Gasteiger partial charge in [-0.1, -0.05) is 90.9 Å². The minimum absolute atomic E-state index is 0. The first kappa shape index (κ1) is 23.5. The summed E-state index contributed by atoms with van der Waals surface area (Å²) < 4.78 is 0. The van der Waals surface area contributed by atoms with Gasteiger partial charge < -0.3 is 4.90 Å². The summed E-state index contributed by atoms with van der Waals surface area (Å²) in [5, 5.41) is 0. The Labute approximate surface area is 141 Å². The molecule has 1 unspecified atom stereocenters. The Morgan fingerprint density at radius 3 is 1.33 bits per heavy atom. The van der Waals surface area contributed by atoms with E-state index in [4.69, 9.17) is 0 Å². The summed E-state index contributed by atoms with van der Waals surface area (Å²) in [7, 11) is 4.43. The molecular formula is C19H42ClN. The minimum Gasteiger partial charge on any atom is -0.306 e. The molecule has 0 aromatic carbocycles. The number of unbranched alkanes of at least 4 members (excludes halogenated alkanes) is 11. The molecule has 0 rings (SSSR count). The van der Waals surface area contributed by atoms with Crippen molar-refractivity contribution < 1.29 is 0 Å². The zero-order chi connectivity index (χ0) is 15.1. The Hall–Kier alpha value is 0.250. The summed E-state index contributed by atoms with van der Waals surface area (Å²) in [4.78, 5) is 2.39. The van der Waals surface area contributed by atoms with E-state index in [0.29, 0.717) is 0 Å². The Balaban J connectivity index is 0. The van der Waals surface area contributed by atoms with E-state index in [0.717, 1.165) is 6.04 Å². The molecule has 130 valence electrons. The van der Waals surface area contributed by atoms with Gasteiger partial charge in [-0.25, -0.2) is 0 Å². The van der Waals surface area contributed by atoms with Crippen molar-refractivity contribution in [2.75, 3.05) is 14.1 Å². The van der Waals surface area contributed by atoms with Crippen LogP contribution in [0.3, 0.4) is 0 Å². The number of rotatable bonds is 15. The Kier molecular flexibility index (Phi) is 20.5. The van der Waals surface area contributed by atoms with Gasteiger partial charge in [0.15, 0.2) is 0 Å². The number of halogens is 1. The van der Waals surface area contributed by atoms with E-state index in [-0.39, 0.29) is 12.4 Å². The van der Waals surface area contributed by atoms with E-state index in [1.54, 1.807) is 0 Å². The number of nitrogens with zero attached hydrogens (tertiary/aromatic N) is 1. The molecule has 0 spiro atoms. The van der Waals surface area contributed by atoms with Crippen molar-refractivity contribution in [3.8, 4) is 0 Å². The van der Waals surface area contributed by atoms with Crippen LogP contribution in [0.4, 0.5) is 0 Å². The maximum absolute atomic E-state index is 2.39. The maximum Gasteiger partial charge on any atom is 0.00865 e. The van der Waals surface area contributed by atoms with E-state index in [2.05, 4.69) is 32.8 Å². The zero-order valence-corrected chi connectivity index (χ0v) is 16.1. The van der Waals surface area contributed by atoms with Crippen molar-refractivity contribution in [1.82, 2.24) is 4.90 Å². The number of hydrogen-bond donors (Lipinski definition) is 0. The lowest BCUT2D eigenvalue weighted by atomic mass is 10.0. The van der Waals surface area contributed by atoms with Crippen molar-refractivity contribution in [2.45, 2.75) is 110 Å². The fourth-order valence-electron chi connectivity index (χ4n) is 3.05. The summed E-state index contributed by atoms with van der Waals surface area (Å²) in [6.45, 7) is 4.60. The van der Waals surface area contributed by atoms with E-state index in [1.165, 1.54) is 89.9 Å². The van der Waals surface area contributed by atoms with Gasteiger partial charge in [-0.15, -0.1) is 12.4 Å². The quantitative estimate of drug-likeness (QED) is 0.299. The lowest BCUT2D eigenvalue weighted by molar-refractivity contribution is 0.264. The van der Waals surface area contributed by atoms with Gasteiger partial charge in [0.05, 0.1) is 0 Å². The van der Waals surface area contributed by atoms with Crippen molar-refractivity contribution in [1.29, 1.82) is 0 Å². The molecule has 0 bridgehead atoms. The Morgan fingerprint density at radius 1 is 0.619 bits per heavy atom. The third-order valence-electron chi connectivity index (χ3n) is 4.59. The molecule has 0 aromatic rings. The second-order valence-electron chi connectivity index (χ2n) is 6.70. The Morgan fingerprint density at radius 2 is 1.00 bits per heavy atom. The van der Waals surface area contributed by atoms with E-state index in [9.17, 15) is 0 Å². The molecule has 2 heteroatoms. The standard InChI is InChI=1S/C19H41N.ClH/c1-5-7-8-9-10-11-12-13-14-15-16-17-18-19(6-2)20(3)4;/h19H,5-18H2,1-4H3;1H. The van der Waals surface area contributed by atoms with Crippen LogP contribution < -0.4 is 0 Å². The summed E-state index contributed by atoms with van der Waals surface area (Å²) in [5.74, 6) is 0. The van der Waals surface area contributed by atoms with Gasteiger partial charge in [0.2, 0.25) is 0 Å². The smallest absolute Gasteiger partial charge is 0.00865 e. The fourth-order valence-corrected chi connectivity index (χ4v) is 3.05. The first-order valence-electron chi connectivity index (χ1n) is 9.38. The molecule has 0 N–H and O–H groups in total. The van der Waals surface area contributed by atoms with E-state index in [1.807, 2.05) is 0 Å². The molecular weight excluding hydrogens is 278 g/mol. The first-order chi connectivity index (χ1) is 9.72. The van der Waals surface area contributed by atoms with Crippen LogP contribution in [-0.2, 0) is 0 Å². The highest BCUT2D eigenvalue weighted by Gasteiger charge is 2.07. The largest absolute Gasteiger partial charge is 0.306 e. The lowest BCUT2D eigenvalue weighted by Crippen LogP contribution is -2.26. The van der Waals surface area contributed by atoms with Gasteiger partial charge in [0.25, 0.3) is 0 Å². The maximum atomic E-state index is 2.39. The van der Waals surface area contributed by atoms with Crippen LogP contribution in [0.25, 0.3) is 0 Å². The molecule has 0 amide bonds. The van der Waals surface area contributed by atoms with Crippen molar-refractivity contribution in [3.05, 3.63) is 0 Å². The van der Waals surface area contributed by atoms with Crippen LogP contribution in [0, 0.1) is 0 Å². The lowest BCUT2D eigenvalue weighted by Gasteiger charge is -2.22. The number of hydrogen-bond acceptors (Lipinski definition) is 1. The third kappa shape index (κ3) is 16.4. The molecule has 1 atom stereocenters. The minimum atomic E-state index is 0. The zero-order valence-electron chi connectivity index (χ0n) is 15.3. The molecule has 21 heavy (non-hydrogen) atoms. The molecule has 1 nitrogen and oxygen atoms in total. The summed E-state index contributed by atoms with van der Waals surface area (Å²) in [6, 6.07) is 0.804. The average Bonchev–Trinajstić information content (AvgIpc) is 2.43. The van der Waals surface area contributed by atoms with Crippen LogP contribution in [0.5, 0.6) is 0 Å². The predicted octanol–water partition coefficient (Wildman–Crippen LogP) is 6.84. The predicted molar refractivity (Wildman–Crippen MR) is 101 cm³/mol. The van der Waals surface area contributed by atoms with Gasteiger partial charge in [0, 0.05) is 6.04 Å². The monoisotopic (exact) mass is 319 g/mol. The second kappa shape index (κ2) is 18.3. The summed E-state index contributed by atoms with van der Waals surface area (Å²) >= 11 is 0. The van der Waals surface area contributed by atoms with Crippen molar-refractivity contribution in [2.24, 2.45) is 0 Å². The van der Waals surface area contributed by atoms with Gasteiger partial charge in [-0.2, -0.15) is 0 Å². The van der Waals surface area contributed by atoms with Crippen LogP contribution in [0.1, 0.15) is 104 Å². The summed E-state index contributed by atoms with van der Waals surface area (Å²) in [5.41, 5.74) is 0. The molecule has 0 aliphatic rings. The molecule has 0 saturated heterocycles. The Bertz CT molecular complexity index is 182. The molecule has 0 radical (unpaired) electrons. The summed E-state index contributed by atoms with van der Waals surface area (Å²) in [6.07, 6.45) is 20.1. The van der Waals surface area contributed by atoms with Gasteiger partial charge in [-0.3, -0.25) is 0 Å².